The topological polar surface area (TPSA) is 49.3 Å². The molecule has 1 aliphatic heterocycles. The normalized spacial score (nSPS) is 22.9. The zero-order valence-corrected chi connectivity index (χ0v) is 10.9. The maximum atomic E-state index is 10.8. The summed E-state index contributed by atoms with van der Waals surface area (Å²) in [5.74, 6) is -0.296. The van der Waals surface area contributed by atoms with Crippen molar-refractivity contribution in [1.82, 2.24) is 5.32 Å². The van der Waals surface area contributed by atoms with Gasteiger partial charge in [0.1, 0.15) is 6.04 Å². The number of carboxylic acids is 1. The van der Waals surface area contributed by atoms with Gasteiger partial charge < -0.3 is 10.4 Å². The van der Waals surface area contributed by atoms with Crippen LogP contribution in [0.25, 0.3) is 6.08 Å². The summed E-state index contributed by atoms with van der Waals surface area (Å²) in [6.45, 7) is 0.802. The number of rotatable bonds is 4. The zero-order valence-electron chi connectivity index (χ0n) is 10.1. The number of hydrogen-bond donors (Lipinski definition) is 2. The second-order valence-corrected chi connectivity index (χ2v) is 4.45. The van der Waals surface area contributed by atoms with E-state index in [1.807, 2.05) is 18.2 Å². The van der Waals surface area contributed by atoms with Crippen LogP contribution in [0, 0.1) is 5.92 Å². The van der Waals surface area contributed by atoms with E-state index in [9.17, 15) is 4.79 Å². The Bertz CT molecular complexity index is 406. The van der Waals surface area contributed by atoms with E-state index in [2.05, 4.69) is 29.6 Å². The fraction of sp³-hybridized carbons (Fsp3) is 0.357. The highest BCUT2D eigenvalue weighted by Gasteiger charge is 2.27. The van der Waals surface area contributed by atoms with Crippen molar-refractivity contribution in [2.45, 2.75) is 18.9 Å². The average molecular weight is 268 g/mol. The van der Waals surface area contributed by atoms with Crippen molar-refractivity contribution in [3.63, 3.8) is 0 Å². The average Bonchev–Trinajstić information content (AvgIpc) is 2.79. The Morgan fingerprint density at radius 2 is 2.11 bits per heavy atom. The summed E-state index contributed by atoms with van der Waals surface area (Å²) in [6.07, 6.45) is 5.89. The number of benzene rings is 1. The molecule has 4 heteroatoms. The van der Waals surface area contributed by atoms with Crippen LogP contribution in [0.15, 0.2) is 36.4 Å². The summed E-state index contributed by atoms with van der Waals surface area (Å²) in [5.41, 5.74) is 1.19. The van der Waals surface area contributed by atoms with Crippen molar-refractivity contribution in [2.24, 2.45) is 5.92 Å². The van der Waals surface area contributed by atoms with Crippen molar-refractivity contribution in [1.29, 1.82) is 0 Å². The fourth-order valence-corrected chi connectivity index (χ4v) is 2.14. The van der Waals surface area contributed by atoms with Crippen LogP contribution in [0.4, 0.5) is 0 Å². The lowest BCUT2D eigenvalue weighted by Crippen LogP contribution is -2.29. The Morgan fingerprint density at radius 1 is 1.39 bits per heavy atom. The van der Waals surface area contributed by atoms with E-state index in [0.29, 0.717) is 5.92 Å². The molecule has 0 aliphatic carbocycles. The molecule has 98 valence electrons. The maximum Gasteiger partial charge on any atom is 0.320 e. The van der Waals surface area contributed by atoms with E-state index < -0.39 is 5.97 Å². The first-order valence-corrected chi connectivity index (χ1v) is 5.93. The first-order chi connectivity index (χ1) is 8.25. The smallest absolute Gasteiger partial charge is 0.320 e. The molecule has 0 unspecified atom stereocenters. The number of hydrogen-bond acceptors (Lipinski definition) is 2. The molecule has 2 N–H and O–H groups in total. The van der Waals surface area contributed by atoms with Crippen molar-refractivity contribution in [3.05, 3.63) is 42.0 Å². The maximum absolute atomic E-state index is 10.8. The van der Waals surface area contributed by atoms with Crippen LogP contribution in [0.1, 0.15) is 18.4 Å². The van der Waals surface area contributed by atoms with Gasteiger partial charge in [-0.25, -0.2) is 0 Å². The Hall–Kier alpha value is -1.32. The van der Waals surface area contributed by atoms with Gasteiger partial charge in [0, 0.05) is 0 Å². The number of nitrogens with one attached hydrogen (secondary N) is 1. The molecule has 0 bridgehead atoms. The molecule has 2 rings (SSSR count). The highest BCUT2D eigenvalue weighted by atomic mass is 35.5. The molecule has 18 heavy (non-hydrogen) atoms. The lowest BCUT2D eigenvalue weighted by atomic mass is 10.0. The summed E-state index contributed by atoms with van der Waals surface area (Å²) in [6, 6.07) is 9.78. The molecular weight excluding hydrogens is 250 g/mol. The van der Waals surface area contributed by atoms with Crippen LogP contribution in [0.5, 0.6) is 0 Å². The van der Waals surface area contributed by atoms with E-state index in [4.69, 9.17) is 5.11 Å². The predicted octanol–water partition coefficient (Wildman–Crippen LogP) is 2.57. The second-order valence-electron chi connectivity index (χ2n) is 4.45. The molecule has 3 nitrogen and oxygen atoms in total. The Morgan fingerprint density at radius 3 is 2.72 bits per heavy atom. The van der Waals surface area contributed by atoms with E-state index in [0.717, 1.165) is 19.4 Å². The molecular formula is C14H18ClNO2. The Kier molecular flexibility index (Phi) is 5.89. The third-order valence-corrected chi connectivity index (χ3v) is 3.10. The van der Waals surface area contributed by atoms with Gasteiger partial charge in [-0.05, 0) is 30.9 Å². The molecule has 1 heterocycles. The van der Waals surface area contributed by atoms with Crippen LogP contribution in [0.3, 0.4) is 0 Å². The third kappa shape index (κ3) is 4.17. The van der Waals surface area contributed by atoms with E-state index in [-0.39, 0.29) is 18.4 Å². The van der Waals surface area contributed by atoms with Crippen LogP contribution in [-0.2, 0) is 4.79 Å². The quantitative estimate of drug-likeness (QED) is 0.882. The van der Waals surface area contributed by atoms with E-state index in [1.165, 1.54) is 5.56 Å². The van der Waals surface area contributed by atoms with Gasteiger partial charge in [0.05, 0.1) is 0 Å². The summed E-state index contributed by atoms with van der Waals surface area (Å²) in [4.78, 5) is 10.8. The number of carbonyl (C=O) groups is 1. The van der Waals surface area contributed by atoms with Gasteiger partial charge in [-0.15, -0.1) is 12.4 Å². The van der Waals surface area contributed by atoms with Crippen molar-refractivity contribution in [2.75, 3.05) is 6.54 Å². The predicted molar refractivity (Wildman–Crippen MR) is 74.9 cm³/mol. The molecule has 1 aromatic rings. The molecule has 1 aliphatic rings. The van der Waals surface area contributed by atoms with Gasteiger partial charge in [0.15, 0.2) is 0 Å². The Balaban J connectivity index is 0.00000162. The molecule has 0 amide bonds. The fourth-order valence-electron chi connectivity index (χ4n) is 2.14. The number of allylic oxidation sites excluding steroid dienone is 1. The second kappa shape index (κ2) is 7.19. The Labute approximate surface area is 113 Å². The standard InChI is InChI=1S/C14H17NO2.ClH/c16-14(17)13-9-12(10-15-13)8-4-7-11-5-2-1-3-6-11;/h1-7,12-13,15H,8-10H2,(H,16,17);1H/b7-4+;/t12-,13+;/m1./s1. The SMILES string of the molecule is Cl.O=C(O)[C@@H]1C[C@@H](C/C=C/c2ccccc2)CN1. The summed E-state index contributed by atoms with van der Waals surface area (Å²) < 4.78 is 0. The van der Waals surface area contributed by atoms with Crippen LogP contribution in [0.2, 0.25) is 0 Å². The van der Waals surface area contributed by atoms with Gasteiger partial charge in [-0.3, -0.25) is 4.79 Å². The molecule has 0 saturated carbocycles. The molecule has 1 fully saturated rings. The van der Waals surface area contributed by atoms with E-state index in [1.54, 1.807) is 0 Å². The largest absolute Gasteiger partial charge is 0.480 e. The summed E-state index contributed by atoms with van der Waals surface area (Å²) in [5, 5.41) is 11.9. The highest BCUT2D eigenvalue weighted by molar-refractivity contribution is 5.85. The highest BCUT2D eigenvalue weighted by Crippen LogP contribution is 2.18. The van der Waals surface area contributed by atoms with Gasteiger partial charge in [-0.1, -0.05) is 42.5 Å². The van der Waals surface area contributed by atoms with E-state index >= 15 is 0 Å². The van der Waals surface area contributed by atoms with Crippen LogP contribution >= 0.6 is 12.4 Å². The molecule has 2 atom stereocenters. The first kappa shape index (κ1) is 14.7. The zero-order chi connectivity index (χ0) is 12.1. The molecule has 0 aromatic heterocycles. The van der Waals surface area contributed by atoms with Gasteiger partial charge in [0.25, 0.3) is 0 Å². The number of halogens is 1. The van der Waals surface area contributed by atoms with Crippen molar-refractivity contribution < 1.29 is 9.90 Å². The third-order valence-electron chi connectivity index (χ3n) is 3.10. The minimum atomic E-state index is -0.737. The lowest BCUT2D eigenvalue weighted by Gasteiger charge is -2.03. The molecule has 0 radical (unpaired) electrons. The molecule has 1 aromatic carbocycles. The van der Waals surface area contributed by atoms with Gasteiger partial charge >= 0.3 is 5.97 Å². The molecule has 1 saturated heterocycles. The number of carboxylic acid groups (broad SMARTS) is 1. The minimum Gasteiger partial charge on any atom is -0.480 e. The summed E-state index contributed by atoms with van der Waals surface area (Å²) in [7, 11) is 0. The minimum absolute atomic E-state index is 0. The first-order valence-electron chi connectivity index (χ1n) is 5.93. The monoisotopic (exact) mass is 267 g/mol. The van der Waals surface area contributed by atoms with Crippen molar-refractivity contribution >= 4 is 24.5 Å². The summed E-state index contributed by atoms with van der Waals surface area (Å²) >= 11 is 0. The van der Waals surface area contributed by atoms with Crippen LogP contribution < -0.4 is 5.32 Å². The lowest BCUT2D eigenvalue weighted by molar-refractivity contribution is -0.139. The van der Waals surface area contributed by atoms with Gasteiger partial charge in [0.2, 0.25) is 0 Å². The van der Waals surface area contributed by atoms with Gasteiger partial charge in [-0.2, -0.15) is 0 Å². The van der Waals surface area contributed by atoms with Crippen molar-refractivity contribution in [3.8, 4) is 0 Å². The van der Waals surface area contributed by atoms with Crippen LogP contribution in [-0.4, -0.2) is 23.7 Å². The number of aliphatic carboxylic acids is 1. The molecule has 0 spiro atoms.